The zero-order valence-electron chi connectivity index (χ0n) is 14.6. The van der Waals surface area contributed by atoms with Gasteiger partial charge in [0.25, 0.3) is 0 Å². The minimum atomic E-state index is -0.978. The van der Waals surface area contributed by atoms with Crippen LogP contribution in [0, 0.1) is 22.2 Å². The molecule has 1 aliphatic heterocycles. The van der Waals surface area contributed by atoms with Gasteiger partial charge in [0.05, 0.1) is 6.07 Å². The number of carbonyl (C=O) groups is 1. The molecule has 2 atom stereocenters. The number of rotatable bonds is 3. The van der Waals surface area contributed by atoms with Crippen molar-refractivity contribution in [1.82, 2.24) is 5.32 Å². The van der Waals surface area contributed by atoms with Crippen molar-refractivity contribution in [2.45, 2.75) is 39.0 Å². The summed E-state index contributed by atoms with van der Waals surface area (Å²) in [6, 6.07) is 12.2. The van der Waals surface area contributed by atoms with E-state index in [1.165, 1.54) is 0 Å². The van der Waals surface area contributed by atoms with Gasteiger partial charge in [-0.05, 0) is 23.8 Å². The summed E-state index contributed by atoms with van der Waals surface area (Å²) in [6.07, 6.45) is 3.37. The third-order valence-corrected chi connectivity index (χ3v) is 5.64. The molecule has 0 bridgehead atoms. The van der Waals surface area contributed by atoms with Crippen molar-refractivity contribution >= 4 is 23.0 Å². The van der Waals surface area contributed by atoms with Crippen LogP contribution in [0.3, 0.4) is 0 Å². The van der Waals surface area contributed by atoms with Crippen LogP contribution in [-0.2, 0) is 4.79 Å². The van der Waals surface area contributed by atoms with Crippen LogP contribution >= 0.6 is 12.2 Å². The fourth-order valence-electron chi connectivity index (χ4n) is 4.10. The third-order valence-electron chi connectivity index (χ3n) is 5.17. The molecule has 0 unspecified atom stereocenters. The standard InChI is InChI=1S/C21H22N2OS/c1-4-10-21(13-22)18(14-8-6-5-7-9-14)17-15(23-19(21)25)11-20(2,3)12-16(17)24/h4-9,18H,1,10-12H2,2-3H3,(H,23,25)/t18-,21-/m1/s1. The van der Waals surface area contributed by atoms with E-state index in [4.69, 9.17) is 12.2 Å². The molecule has 3 nitrogen and oxygen atoms in total. The molecule has 4 heteroatoms. The molecule has 1 heterocycles. The molecular formula is C21H22N2OS. The van der Waals surface area contributed by atoms with Gasteiger partial charge in [0, 0.05) is 23.6 Å². The third kappa shape index (κ3) is 2.83. The largest absolute Gasteiger partial charge is 0.352 e. The van der Waals surface area contributed by atoms with Crippen molar-refractivity contribution in [2.75, 3.05) is 0 Å². The second kappa shape index (κ2) is 6.24. The summed E-state index contributed by atoms with van der Waals surface area (Å²) in [7, 11) is 0. The summed E-state index contributed by atoms with van der Waals surface area (Å²) in [5.41, 5.74) is 1.48. The number of benzene rings is 1. The van der Waals surface area contributed by atoms with Gasteiger partial charge in [0.2, 0.25) is 0 Å². The minimum Gasteiger partial charge on any atom is -0.352 e. The average Bonchev–Trinajstić information content (AvgIpc) is 2.55. The van der Waals surface area contributed by atoms with Gasteiger partial charge >= 0.3 is 0 Å². The maximum Gasteiger partial charge on any atom is 0.161 e. The minimum absolute atomic E-state index is 0.106. The van der Waals surface area contributed by atoms with Crippen LogP contribution in [0.25, 0.3) is 0 Å². The monoisotopic (exact) mass is 350 g/mol. The quantitative estimate of drug-likeness (QED) is 0.647. The first-order chi connectivity index (χ1) is 11.8. The summed E-state index contributed by atoms with van der Waals surface area (Å²) >= 11 is 5.64. The van der Waals surface area contributed by atoms with Crippen molar-refractivity contribution < 1.29 is 4.79 Å². The number of nitrogens with one attached hydrogen (secondary N) is 1. The second-order valence-corrected chi connectivity index (χ2v) is 8.12. The predicted octanol–water partition coefficient (Wildman–Crippen LogP) is 4.43. The number of thiocarbonyl (C=S) groups is 1. The van der Waals surface area contributed by atoms with E-state index in [0.717, 1.165) is 23.3 Å². The van der Waals surface area contributed by atoms with Crippen molar-refractivity contribution in [3.8, 4) is 6.07 Å². The highest BCUT2D eigenvalue weighted by Crippen LogP contribution is 2.52. The van der Waals surface area contributed by atoms with Gasteiger partial charge in [-0.3, -0.25) is 4.79 Å². The van der Waals surface area contributed by atoms with Gasteiger partial charge in [-0.1, -0.05) is 62.5 Å². The van der Waals surface area contributed by atoms with Crippen LogP contribution < -0.4 is 5.32 Å². The zero-order chi connectivity index (χ0) is 18.2. The molecule has 25 heavy (non-hydrogen) atoms. The Balaban J connectivity index is 2.27. The van der Waals surface area contributed by atoms with Crippen molar-refractivity contribution in [2.24, 2.45) is 10.8 Å². The Morgan fingerprint density at radius 3 is 2.64 bits per heavy atom. The molecule has 1 aliphatic carbocycles. The summed E-state index contributed by atoms with van der Waals surface area (Å²) in [4.78, 5) is 13.6. The molecule has 0 spiro atoms. The molecule has 1 aromatic rings. The molecule has 3 rings (SSSR count). The number of hydrogen-bond acceptors (Lipinski definition) is 3. The van der Waals surface area contributed by atoms with Crippen LogP contribution in [0.2, 0.25) is 0 Å². The highest BCUT2D eigenvalue weighted by molar-refractivity contribution is 7.80. The summed E-state index contributed by atoms with van der Waals surface area (Å²) in [5, 5.41) is 13.3. The lowest BCUT2D eigenvalue weighted by molar-refractivity contribution is -0.118. The van der Waals surface area contributed by atoms with Gasteiger partial charge < -0.3 is 5.32 Å². The van der Waals surface area contributed by atoms with Crippen LogP contribution in [0.15, 0.2) is 54.3 Å². The molecule has 1 aromatic carbocycles. The molecule has 0 amide bonds. The highest BCUT2D eigenvalue weighted by atomic mass is 32.1. The lowest BCUT2D eigenvalue weighted by Crippen LogP contribution is -2.51. The number of carbonyl (C=O) groups excluding carboxylic acids is 1. The van der Waals surface area contributed by atoms with E-state index in [-0.39, 0.29) is 17.1 Å². The average molecular weight is 350 g/mol. The van der Waals surface area contributed by atoms with Crippen LogP contribution in [0.4, 0.5) is 0 Å². The van der Waals surface area contributed by atoms with E-state index in [0.29, 0.717) is 17.8 Å². The van der Waals surface area contributed by atoms with Gasteiger partial charge in [-0.2, -0.15) is 5.26 Å². The van der Waals surface area contributed by atoms with Crippen LogP contribution in [0.1, 0.15) is 44.6 Å². The topological polar surface area (TPSA) is 52.9 Å². The number of nitriles is 1. The zero-order valence-corrected chi connectivity index (χ0v) is 15.5. The Morgan fingerprint density at radius 1 is 1.36 bits per heavy atom. The number of ketones is 1. The lowest BCUT2D eigenvalue weighted by atomic mass is 9.60. The van der Waals surface area contributed by atoms with Crippen molar-refractivity contribution in [1.29, 1.82) is 5.26 Å². The maximum absolute atomic E-state index is 13.1. The van der Waals surface area contributed by atoms with Gasteiger partial charge in [0.15, 0.2) is 5.78 Å². The predicted molar refractivity (Wildman–Crippen MR) is 103 cm³/mol. The van der Waals surface area contributed by atoms with Crippen LogP contribution in [0.5, 0.6) is 0 Å². The normalized spacial score (nSPS) is 28.0. The fraction of sp³-hybridized carbons (Fsp3) is 0.381. The fourth-order valence-corrected chi connectivity index (χ4v) is 4.47. The molecule has 1 N–H and O–H groups in total. The molecule has 0 saturated heterocycles. The molecule has 2 aliphatic rings. The first kappa shape index (κ1) is 17.6. The van der Waals surface area contributed by atoms with E-state index in [1.54, 1.807) is 6.08 Å². The van der Waals surface area contributed by atoms with Crippen molar-refractivity contribution in [3.63, 3.8) is 0 Å². The summed E-state index contributed by atoms with van der Waals surface area (Å²) < 4.78 is 0. The summed E-state index contributed by atoms with van der Waals surface area (Å²) in [6.45, 7) is 8.00. The Labute approximate surface area is 154 Å². The van der Waals surface area contributed by atoms with Gasteiger partial charge in [-0.25, -0.2) is 0 Å². The number of Topliss-reactive ketones (excluding diaryl/α,β-unsaturated/α-hetero) is 1. The molecule has 0 fully saturated rings. The first-order valence-electron chi connectivity index (χ1n) is 8.49. The highest BCUT2D eigenvalue weighted by Gasteiger charge is 2.52. The number of allylic oxidation sites excluding steroid dienone is 3. The van der Waals surface area contributed by atoms with E-state index >= 15 is 0 Å². The SMILES string of the molecule is C=CC[C@]1(C#N)C(=S)NC2=C(C(=O)CC(C)(C)C2)[C@H]1c1ccccc1. The molecule has 0 aromatic heterocycles. The Bertz CT molecular complexity index is 816. The molecule has 0 saturated carbocycles. The van der Waals surface area contributed by atoms with Crippen molar-refractivity contribution in [3.05, 3.63) is 59.8 Å². The van der Waals surface area contributed by atoms with E-state index in [1.807, 2.05) is 30.3 Å². The van der Waals surface area contributed by atoms with E-state index in [2.05, 4.69) is 31.8 Å². The number of hydrogen-bond donors (Lipinski definition) is 1. The molecular weight excluding hydrogens is 328 g/mol. The van der Waals surface area contributed by atoms with E-state index < -0.39 is 5.41 Å². The Morgan fingerprint density at radius 2 is 2.04 bits per heavy atom. The van der Waals surface area contributed by atoms with Gasteiger partial charge in [0.1, 0.15) is 10.4 Å². The van der Waals surface area contributed by atoms with Gasteiger partial charge in [-0.15, -0.1) is 6.58 Å². The Hall–Kier alpha value is -2.25. The van der Waals surface area contributed by atoms with Crippen LogP contribution in [-0.4, -0.2) is 10.8 Å². The Kier molecular flexibility index (Phi) is 4.38. The smallest absolute Gasteiger partial charge is 0.161 e. The second-order valence-electron chi connectivity index (χ2n) is 7.71. The number of nitrogens with zero attached hydrogens (tertiary/aromatic N) is 1. The lowest BCUT2D eigenvalue weighted by Gasteiger charge is -2.46. The maximum atomic E-state index is 13.1. The van der Waals surface area contributed by atoms with E-state index in [9.17, 15) is 10.1 Å². The molecule has 128 valence electrons. The first-order valence-corrected chi connectivity index (χ1v) is 8.90. The molecule has 0 radical (unpaired) electrons. The summed E-state index contributed by atoms with van der Waals surface area (Å²) in [5.74, 6) is -0.247.